The molecule has 0 bridgehead atoms. The molecule has 0 unspecified atom stereocenters. The van der Waals surface area contributed by atoms with Crippen molar-refractivity contribution < 1.29 is 18.7 Å². The minimum absolute atomic E-state index is 0.238. The second kappa shape index (κ2) is 7.41. The van der Waals surface area contributed by atoms with Gasteiger partial charge in [-0.1, -0.05) is 33.8 Å². The van der Waals surface area contributed by atoms with Gasteiger partial charge in [0.15, 0.2) is 0 Å². The van der Waals surface area contributed by atoms with Gasteiger partial charge in [-0.05, 0) is 25.1 Å². The lowest BCUT2D eigenvalue weighted by molar-refractivity contribution is -0.119. The Morgan fingerprint density at radius 3 is 2.86 bits per heavy atom. The summed E-state index contributed by atoms with van der Waals surface area (Å²) in [7, 11) is 1.18. The number of alkyl carbamates (subject to hydrolysis) is 1. The van der Waals surface area contributed by atoms with Gasteiger partial charge < -0.3 is 9.15 Å². The average molecular weight is 386 g/mol. The van der Waals surface area contributed by atoms with Gasteiger partial charge in [0.2, 0.25) is 11.8 Å². The Bertz CT molecular complexity index is 691. The van der Waals surface area contributed by atoms with E-state index in [4.69, 9.17) is 4.42 Å². The number of thioether (sulfide) groups is 1. The Labute approximate surface area is 138 Å². The maximum atomic E-state index is 11.7. The average Bonchev–Trinajstić information content (AvgIpc) is 2.95. The Balaban J connectivity index is 2.03. The van der Waals surface area contributed by atoms with E-state index in [0.29, 0.717) is 5.89 Å². The molecular formula is C13H12BrN3O4S. The zero-order valence-electron chi connectivity index (χ0n) is 11.7. The summed E-state index contributed by atoms with van der Waals surface area (Å²) < 4.78 is 10.8. The van der Waals surface area contributed by atoms with E-state index in [2.05, 4.69) is 36.2 Å². The number of carbonyl (C=O) groups excluding carboxylic acids is 2. The molecular weight excluding hydrogens is 374 g/mol. The number of hydrogen-bond acceptors (Lipinski definition) is 7. The molecule has 1 aromatic heterocycles. The van der Waals surface area contributed by atoms with E-state index in [-0.39, 0.29) is 5.22 Å². The number of methoxy groups -OCH3 is 1. The van der Waals surface area contributed by atoms with E-state index in [0.717, 1.165) is 21.8 Å². The maximum Gasteiger partial charge on any atom is 0.413 e. The van der Waals surface area contributed by atoms with Crippen LogP contribution in [0.2, 0.25) is 0 Å². The number of halogens is 1. The number of aromatic nitrogens is 2. The van der Waals surface area contributed by atoms with E-state index in [1.54, 1.807) is 6.92 Å². The van der Waals surface area contributed by atoms with Crippen LogP contribution in [0.5, 0.6) is 0 Å². The Morgan fingerprint density at radius 1 is 1.41 bits per heavy atom. The van der Waals surface area contributed by atoms with Crippen LogP contribution in [-0.4, -0.2) is 34.6 Å². The van der Waals surface area contributed by atoms with Crippen molar-refractivity contribution in [3.8, 4) is 11.5 Å². The Hall–Kier alpha value is -1.87. The third-order valence-corrected chi connectivity index (χ3v) is 3.96. The molecule has 1 atom stereocenters. The molecule has 0 fully saturated rings. The van der Waals surface area contributed by atoms with Crippen molar-refractivity contribution in [1.82, 2.24) is 15.5 Å². The molecule has 0 aliphatic carbocycles. The summed E-state index contributed by atoms with van der Waals surface area (Å²) in [5.41, 5.74) is 0.764. The molecule has 0 saturated heterocycles. The zero-order valence-corrected chi connectivity index (χ0v) is 14.1. The highest BCUT2D eigenvalue weighted by atomic mass is 79.9. The molecule has 1 heterocycles. The maximum absolute atomic E-state index is 11.7. The first kappa shape index (κ1) is 16.5. The molecule has 7 nitrogen and oxygen atoms in total. The van der Waals surface area contributed by atoms with E-state index in [1.807, 2.05) is 24.3 Å². The smallest absolute Gasteiger partial charge is 0.413 e. The van der Waals surface area contributed by atoms with Crippen LogP contribution in [0.4, 0.5) is 4.79 Å². The third kappa shape index (κ3) is 4.31. The van der Waals surface area contributed by atoms with Gasteiger partial charge in [-0.15, -0.1) is 10.2 Å². The highest BCUT2D eigenvalue weighted by Crippen LogP contribution is 2.27. The molecule has 1 aromatic carbocycles. The number of benzene rings is 1. The van der Waals surface area contributed by atoms with Crippen LogP contribution in [0.3, 0.4) is 0 Å². The van der Waals surface area contributed by atoms with Gasteiger partial charge in [0.05, 0.1) is 12.4 Å². The molecule has 0 saturated carbocycles. The lowest BCUT2D eigenvalue weighted by Gasteiger charge is -2.07. The molecule has 0 radical (unpaired) electrons. The summed E-state index contributed by atoms with van der Waals surface area (Å²) in [4.78, 5) is 22.7. The molecule has 9 heteroatoms. The first-order valence-corrected chi connectivity index (χ1v) is 7.81. The SMILES string of the molecule is COC(=O)NC(=O)[C@@H](C)Sc1nnc(-c2cccc(Br)c2)o1. The molecule has 2 amide bonds. The van der Waals surface area contributed by atoms with Crippen LogP contribution >= 0.6 is 27.7 Å². The minimum Gasteiger partial charge on any atom is -0.453 e. The lowest BCUT2D eigenvalue weighted by atomic mass is 10.2. The minimum atomic E-state index is -0.808. The number of carbonyl (C=O) groups is 2. The van der Waals surface area contributed by atoms with Crippen molar-refractivity contribution in [3.05, 3.63) is 28.7 Å². The number of imide groups is 1. The van der Waals surface area contributed by atoms with E-state index >= 15 is 0 Å². The van der Waals surface area contributed by atoms with Crippen molar-refractivity contribution in [3.63, 3.8) is 0 Å². The van der Waals surface area contributed by atoms with Crippen molar-refractivity contribution in [1.29, 1.82) is 0 Å². The van der Waals surface area contributed by atoms with Gasteiger partial charge in [-0.3, -0.25) is 10.1 Å². The number of rotatable bonds is 4. The second-order valence-electron chi connectivity index (χ2n) is 4.12. The topological polar surface area (TPSA) is 94.3 Å². The Kier molecular flexibility index (Phi) is 5.56. The first-order chi connectivity index (χ1) is 10.5. The van der Waals surface area contributed by atoms with Crippen molar-refractivity contribution in [2.45, 2.75) is 17.4 Å². The summed E-state index contributed by atoms with van der Waals surface area (Å²) in [5, 5.41) is 9.54. The fraction of sp³-hybridized carbons (Fsp3) is 0.231. The molecule has 0 aliphatic heterocycles. The number of nitrogens with zero attached hydrogens (tertiary/aromatic N) is 2. The molecule has 116 valence electrons. The number of hydrogen-bond donors (Lipinski definition) is 1. The number of nitrogens with one attached hydrogen (secondary N) is 1. The monoisotopic (exact) mass is 385 g/mol. The van der Waals surface area contributed by atoms with Crippen LogP contribution in [-0.2, 0) is 9.53 Å². The zero-order chi connectivity index (χ0) is 16.1. The summed E-state index contributed by atoms with van der Waals surface area (Å²) in [6.45, 7) is 1.62. The highest BCUT2D eigenvalue weighted by Gasteiger charge is 2.20. The van der Waals surface area contributed by atoms with Crippen LogP contribution in [0.25, 0.3) is 11.5 Å². The summed E-state index contributed by atoms with van der Waals surface area (Å²) in [6.07, 6.45) is -0.808. The van der Waals surface area contributed by atoms with Crippen molar-refractivity contribution in [2.24, 2.45) is 0 Å². The van der Waals surface area contributed by atoms with Crippen LogP contribution in [0.15, 0.2) is 38.4 Å². The normalized spacial score (nSPS) is 11.8. The van der Waals surface area contributed by atoms with Crippen molar-refractivity contribution >= 4 is 39.7 Å². The molecule has 2 aromatic rings. The quantitative estimate of drug-likeness (QED) is 0.808. The van der Waals surface area contributed by atoms with Crippen molar-refractivity contribution in [2.75, 3.05) is 7.11 Å². The number of amides is 2. The highest BCUT2D eigenvalue weighted by molar-refractivity contribution is 9.10. The largest absolute Gasteiger partial charge is 0.453 e. The van der Waals surface area contributed by atoms with E-state index in [9.17, 15) is 9.59 Å². The fourth-order valence-corrected chi connectivity index (χ4v) is 2.54. The van der Waals surface area contributed by atoms with E-state index < -0.39 is 17.3 Å². The standard InChI is InChI=1S/C13H12BrN3O4S/c1-7(10(18)15-12(19)20-2)22-13-17-16-11(21-13)8-4-3-5-9(14)6-8/h3-7H,1-2H3,(H,15,18,19)/t7-/m1/s1. The molecule has 2 rings (SSSR count). The second-order valence-corrected chi connectivity index (χ2v) is 6.33. The van der Waals surface area contributed by atoms with Gasteiger partial charge in [-0.2, -0.15) is 0 Å². The van der Waals surface area contributed by atoms with Gasteiger partial charge in [0.1, 0.15) is 0 Å². The fourth-order valence-electron chi connectivity index (χ4n) is 1.45. The summed E-state index contributed by atoms with van der Waals surface area (Å²) in [6, 6.07) is 7.41. The molecule has 1 N–H and O–H groups in total. The summed E-state index contributed by atoms with van der Waals surface area (Å²) >= 11 is 4.42. The lowest BCUT2D eigenvalue weighted by Crippen LogP contribution is -2.35. The predicted molar refractivity (Wildman–Crippen MR) is 83.3 cm³/mol. The van der Waals surface area contributed by atoms with E-state index in [1.165, 1.54) is 7.11 Å². The third-order valence-electron chi connectivity index (χ3n) is 2.54. The Morgan fingerprint density at radius 2 is 2.18 bits per heavy atom. The van der Waals surface area contributed by atoms with Crippen LogP contribution in [0, 0.1) is 0 Å². The van der Waals surface area contributed by atoms with Gasteiger partial charge in [0, 0.05) is 10.0 Å². The molecule has 0 spiro atoms. The van der Waals surface area contributed by atoms with Gasteiger partial charge >= 0.3 is 6.09 Å². The first-order valence-electron chi connectivity index (χ1n) is 6.14. The summed E-state index contributed by atoms with van der Waals surface area (Å²) in [5.74, 6) is -0.150. The van der Waals surface area contributed by atoms with Crippen LogP contribution in [0.1, 0.15) is 6.92 Å². The van der Waals surface area contributed by atoms with Gasteiger partial charge in [0.25, 0.3) is 5.22 Å². The van der Waals surface area contributed by atoms with Gasteiger partial charge in [-0.25, -0.2) is 4.79 Å². The molecule has 22 heavy (non-hydrogen) atoms. The molecule has 0 aliphatic rings. The number of ether oxygens (including phenoxy) is 1. The predicted octanol–water partition coefficient (Wildman–Crippen LogP) is 2.86. The van der Waals surface area contributed by atoms with Crippen LogP contribution < -0.4 is 5.32 Å².